The van der Waals surface area contributed by atoms with Crippen molar-refractivity contribution in [2.45, 2.75) is 39.4 Å². The molecule has 0 aromatic rings. The van der Waals surface area contributed by atoms with Gasteiger partial charge in [0.2, 0.25) is 0 Å². The van der Waals surface area contributed by atoms with Gasteiger partial charge in [-0.1, -0.05) is 36.7 Å². The quantitative estimate of drug-likeness (QED) is 0.260. The fourth-order valence-corrected chi connectivity index (χ4v) is 2.11. The molecule has 5 nitrogen and oxygen atoms in total. The topological polar surface area (TPSA) is 65.7 Å². The van der Waals surface area contributed by atoms with Crippen LogP contribution in [0.25, 0.3) is 0 Å². The first-order chi connectivity index (χ1) is 8.07. The lowest BCUT2D eigenvalue weighted by Gasteiger charge is -2.20. The van der Waals surface area contributed by atoms with Crippen LogP contribution >= 0.6 is 21.8 Å². The minimum atomic E-state index is -0.744. The van der Waals surface area contributed by atoms with Gasteiger partial charge in [0.1, 0.15) is 0 Å². The van der Waals surface area contributed by atoms with E-state index in [2.05, 4.69) is 30.8 Å². The number of carbonyl (C=O) groups is 1. The molecule has 0 heterocycles. The van der Waals surface area contributed by atoms with Crippen molar-refractivity contribution in [3.8, 4) is 6.07 Å². The molecule has 0 aromatic heterocycles. The van der Waals surface area contributed by atoms with Gasteiger partial charge >= 0.3 is 6.09 Å². The van der Waals surface area contributed by atoms with Crippen molar-refractivity contribution >= 4 is 34.1 Å². The summed E-state index contributed by atoms with van der Waals surface area (Å²) >= 11 is 0. The minimum Gasteiger partial charge on any atom is -0.298 e. The van der Waals surface area contributed by atoms with Crippen LogP contribution < -0.4 is 0 Å². The standard InChI is InChI=1S/C11H19N3O2S2/c1-10(2,3)17-18-14(6)9(15)16-13-8-11(4,5)7-12/h8H,1-6H3. The molecule has 0 rings (SSSR count). The Kier molecular flexibility index (Phi) is 6.57. The number of oxime groups is 1. The van der Waals surface area contributed by atoms with E-state index >= 15 is 0 Å². The summed E-state index contributed by atoms with van der Waals surface area (Å²) in [7, 11) is 4.45. The molecule has 0 aliphatic heterocycles. The first-order valence-corrected chi connectivity index (χ1v) is 7.44. The molecule has 0 unspecified atom stereocenters. The van der Waals surface area contributed by atoms with Crippen LogP contribution in [-0.4, -0.2) is 28.4 Å². The van der Waals surface area contributed by atoms with Gasteiger partial charge in [0, 0.05) is 22.8 Å². The van der Waals surface area contributed by atoms with Crippen molar-refractivity contribution in [3.05, 3.63) is 0 Å². The fourth-order valence-electron chi connectivity index (χ4n) is 0.488. The molecule has 0 radical (unpaired) electrons. The van der Waals surface area contributed by atoms with E-state index in [1.807, 2.05) is 6.07 Å². The summed E-state index contributed by atoms with van der Waals surface area (Å²) in [6.07, 6.45) is 0.738. The molecule has 0 aliphatic carbocycles. The van der Waals surface area contributed by atoms with Crippen molar-refractivity contribution < 1.29 is 9.63 Å². The van der Waals surface area contributed by atoms with Gasteiger partial charge in [0.15, 0.2) is 0 Å². The highest BCUT2D eigenvalue weighted by molar-refractivity contribution is 8.76. The molecule has 0 spiro atoms. The summed E-state index contributed by atoms with van der Waals surface area (Å²) in [4.78, 5) is 16.2. The van der Waals surface area contributed by atoms with Crippen molar-refractivity contribution in [3.63, 3.8) is 0 Å². The predicted octanol–water partition coefficient (Wildman–Crippen LogP) is 3.69. The summed E-state index contributed by atoms with van der Waals surface area (Å²) in [5, 5.41) is 12.3. The number of hydrogen-bond acceptors (Lipinski definition) is 6. The van der Waals surface area contributed by atoms with Crippen LogP contribution in [-0.2, 0) is 4.84 Å². The maximum atomic E-state index is 11.5. The molecule has 0 fully saturated rings. The van der Waals surface area contributed by atoms with Crippen LogP contribution in [0.2, 0.25) is 0 Å². The lowest BCUT2D eigenvalue weighted by Crippen LogP contribution is -2.20. The Morgan fingerprint density at radius 2 is 1.94 bits per heavy atom. The Morgan fingerprint density at radius 1 is 1.39 bits per heavy atom. The fraction of sp³-hybridized carbons (Fsp3) is 0.727. The first kappa shape index (κ1) is 17.1. The van der Waals surface area contributed by atoms with Crippen LogP contribution in [0, 0.1) is 16.7 Å². The average Bonchev–Trinajstić information content (AvgIpc) is 2.24. The summed E-state index contributed by atoms with van der Waals surface area (Å²) in [5.74, 6) is 0. The molecular formula is C11H19N3O2S2. The van der Waals surface area contributed by atoms with E-state index in [4.69, 9.17) is 5.26 Å². The van der Waals surface area contributed by atoms with Gasteiger partial charge < -0.3 is 0 Å². The number of amides is 1. The molecule has 0 N–H and O–H groups in total. The third kappa shape index (κ3) is 8.25. The number of hydrogen-bond donors (Lipinski definition) is 0. The van der Waals surface area contributed by atoms with Crippen molar-refractivity contribution in [2.24, 2.45) is 10.6 Å². The van der Waals surface area contributed by atoms with E-state index in [1.165, 1.54) is 21.5 Å². The minimum absolute atomic E-state index is 0.0469. The monoisotopic (exact) mass is 289 g/mol. The van der Waals surface area contributed by atoms with Crippen molar-refractivity contribution in [1.29, 1.82) is 5.26 Å². The second-order valence-electron chi connectivity index (χ2n) is 5.19. The zero-order valence-corrected chi connectivity index (χ0v) is 13.2. The van der Waals surface area contributed by atoms with E-state index in [-0.39, 0.29) is 4.75 Å². The van der Waals surface area contributed by atoms with Crippen molar-refractivity contribution in [1.82, 2.24) is 4.31 Å². The Hall–Kier alpha value is -0.870. The van der Waals surface area contributed by atoms with Gasteiger partial charge in [-0.05, 0) is 13.8 Å². The summed E-state index contributed by atoms with van der Waals surface area (Å²) in [6.45, 7) is 9.52. The number of nitriles is 1. The van der Waals surface area contributed by atoms with Crippen LogP contribution in [0.1, 0.15) is 34.6 Å². The van der Waals surface area contributed by atoms with E-state index in [0.717, 1.165) is 0 Å². The third-order valence-corrected chi connectivity index (χ3v) is 4.79. The molecule has 0 bridgehead atoms. The van der Waals surface area contributed by atoms with Crippen LogP contribution in [0.3, 0.4) is 0 Å². The highest BCUT2D eigenvalue weighted by atomic mass is 33.1. The molecule has 18 heavy (non-hydrogen) atoms. The van der Waals surface area contributed by atoms with Gasteiger partial charge in [0.25, 0.3) is 0 Å². The predicted molar refractivity (Wildman–Crippen MR) is 77.1 cm³/mol. The smallest absolute Gasteiger partial charge is 0.298 e. The largest absolute Gasteiger partial charge is 0.446 e. The molecule has 0 aliphatic rings. The van der Waals surface area contributed by atoms with Gasteiger partial charge in [-0.25, -0.2) is 9.10 Å². The number of rotatable bonds is 4. The lowest BCUT2D eigenvalue weighted by molar-refractivity contribution is 0.137. The van der Waals surface area contributed by atoms with E-state index in [1.54, 1.807) is 31.7 Å². The normalized spacial score (nSPS) is 12.3. The summed E-state index contributed by atoms with van der Waals surface area (Å²) in [6, 6.07) is 2.03. The second kappa shape index (κ2) is 6.90. The Bertz CT molecular complexity index is 356. The zero-order chi connectivity index (χ0) is 14.4. The Labute approximate surface area is 116 Å². The molecular weight excluding hydrogens is 270 g/mol. The van der Waals surface area contributed by atoms with Crippen LogP contribution in [0.15, 0.2) is 5.16 Å². The highest BCUT2D eigenvalue weighted by Crippen LogP contribution is 2.36. The van der Waals surface area contributed by atoms with E-state index in [9.17, 15) is 4.79 Å². The second-order valence-corrected chi connectivity index (χ2v) is 8.23. The van der Waals surface area contributed by atoms with Gasteiger partial charge in [-0.3, -0.25) is 4.84 Å². The molecule has 0 saturated carbocycles. The lowest BCUT2D eigenvalue weighted by atomic mass is 9.98. The van der Waals surface area contributed by atoms with Gasteiger partial charge in [0.05, 0.1) is 17.7 Å². The number of carbonyl (C=O) groups excluding carboxylic acids is 1. The van der Waals surface area contributed by atoms with E-state index < -0.39 is 11.5 Å². The number of nitrogens with zero attached hydrogens (tertiary/aromatic N) is 3. The van der Waals surface area contributed by atoms with E-state index in [0.29, 0.717) is 0 Å². The molecule has 0 atom stereocenters. The van der Waals surface area contributed by atoms with Gasteiger partial charge in [-0.15, -0.1) is 0 Å². The van der Waals surface area contributed by atoms with Crippen molar-refractivity contribution in [2.75, 3.05) is 7.05 Å². The maximum Gasteiger partial charge on any atom is 0.446 e. The Morgan fingerprint density at radius 3 is 2.39 bits per heavy atom. The highest BCUT2D eigenvalue weighted by Gasteiger charge is 2.18. The first-order valence-electron chi connectivity index (χ1n) is 5.34. The van der Waals surface area contributed by atoms with Gasteiger partial charge in [-0.2, -0.15) is 5.26 Å². The molecule has 102 valence electrons. The molecule has 1 amide bonds. The summed E-state index contributed by atoms with van der Waals surface area (Å²) in [5.41, 5.74) is -0.744. The molecule has 0 saturated heterocycles. The van der Waals surface area contributed by atoms with Crippen LogP contribution in [0.5, 0.6) is 0 Å². The van der Waals surface area contributed by atoms with Crippen LogP contribution in [0.4, 0.5) is 4.79 Å². The molecule has 0 aromatic carbocycles. The third-order valence-electron chi connectivity index (χ3n) is 1.45. The summed E-state index contributed by atoms with van der Waals surface area (Å²) < 4.78 is 1.40. The SMILES string of the molecule is CN(SSC(C)(C)C)C(=O)ON=CC(C)(C)C#N. The average molecular weight is 289 g/mol. The zero-order valence-electron chi connectivity index (χ0n) is 11.6. The maximum absolute atomic E-state index is 11.5. The molecule has 7 heteroatoms. The Balaban J connectivity index is 4.15.